The lowest BCUT2D eigenvalue weighted by Gasteiger charge is -2.27. The molecule has 3 aromatic carbocycles. The van der Waals surface area contributed by atoms with Gasteiger partial charge in [0, 0.05) is 21.0 Å². The number of hydrogen-bond donors (Lipinski definition) is 0. The molecule has 6 heteroatoms. The average Bonchev–Trinajstić information content (AvgIpc) is 3.29. The molecule has 0 N–H and O–H groups in total. The summed E-state index contributed by atoms with van der Waals surface area (Å²) in [6.45, 7) is 0. The maximum Gasteiger partial charge on any atom is 0.314 e. The van der Waals surface area contributed by atoms with Crippen LogP contribution in [0, 0.1) is 5.92 Å². The number of imide groups is 1. The van der Waals surface area contributed by atoms with Crippen LogP contribution in [0.5, 0.6) is 5.75 Å². The van der Waals surface area contributed by atoms with Crippen molar-refractivity contribution in [3.8, 4) is 5.75 Å². The third kappa shape index (κ3) is 3.03. The van der Waals surface area contributed by atoms with E-state index < -0.39 is 0 Å². The predicted octanol–water partition coefficient (Wildman–Crippen LogP) is 5.50. The van der Waals surface area contributed by atoms with E-state index in [1.165, 1.54) is 4.90 Å². The van der Waals surface area contributed by atoms with E-state index in [4.69, 9.17) is 4.74 Å². The number of amides is 2. The third-order valence-corrected chi connectivity index (χ3v) is 6.55. The fraction of sp³-hybridized carbons (Fsp3) is 0.208. The van der Waals surface area contributed by atoms with Gasteiger partial charge in [0.05, 0.1) is 11.6 Å². The number of nitrogens with zero attached hydrogens (tertiary/aromatic N) is 1. The molecule has 1 fully saturated rings. The summed E-state index contributed by atoms with van der Waals surface area (Å²) in [5, 5.41) is 1.50. The lowest BCUT2D eigenvalue weighted by molar-refractivity contribution is -0.138. The van der Waals surface area contributed by atoms with E-state index in [-0.39, 0.29) is 23.7 Å². The van der Waals surface area contributed by atoms with E-state index in [1.54, 1.807) is 36.4 Å². The lowest BCUT2D eigenvalue weighted by atomic mass is 9.94. The molecule has 5 nitrogen and oxygen atoms in total. The number of carbonyl (C=O) groups excluding carboxylic acids is 3. The van der Waals surface area contributed by atoms with E-state index >= 15 is 0 Å². The van der Waals surface area contributed by atoms with Crippen LogP contribution in [0.25, 0.3) is 10.8 Å². The molecule has 2 aliphatic rings. The van der Waals surface area contributed by atoms with Gasteiger partial charge < -0.3 is 4.74 Å². The molecule has 0 radical (unpaired) electrons. The molecule has 3 aromatic rings. The summed E-state index contributed by atoms with van der Waals surface area (Å²) in [7, 11) is 0. The highest BCUT2D eigenvalue weighted by molar-refractivity contribution is 9.10. The Kier molecular flexibility index (Phi) is 4.66. The van der Waals surface area contributed by atoms with E-state index in [0.29, 0.717) is 28.0 Å². The molecule has 150 valence electrons. The van der Waals surface area contributed by atoms with Gasteiger partial charge in [0.2, 0.25) is 0 Å². The fourth-order valence-electron chi connectivity index (χ4n) is 4.32. The predicted molar refractivity (Wildman–Crippen MR) is 117 cm³/mol. The Bertz CT molecular complexity index is 1170. The van der Waals surface area contributed by atoms with Crippen molar-refractivity contribution in [1.29, 1.82) is 0 Å². The molecule has 0 spiro atoms. The molecule has 30 heavy (non-hydrogen) atoms. The highest BCUT2D eigenvalue weighted by Gasteiger charge is 2.34. The zero-order valence-corrected chi connectivity index (χ0v) is 17.6. The highest BCUT2D eigenvalue weighted by atomic mass is 79.9. The number of rotatable bonds is 3. The number of hydrogen-bond acceptors (Lipinski definition) is 4. The Morgan fingerprint density at radius 3 is 2.27 bits per heavy atom. The number of halogens is 1. The van der Waals surface area contributed by atoms with Crippen molar-refractivity contribution in [1.82, 2.24) is 0 Å². The summed E-state index contributed by atoms with van der Waals surface area (Å²) >= 11 is 3.49. The van der Waals surface area contributed by atoms with Crippen molar-refractivity contribution in [2.24, 2.45) is 5.92 Å². The van der Waals surface area contributed by atoms with Crippen LogP contribution in [0.4, 0.5) is 5.69 Å². The first-order valence-corrected chi connectivity index (χ1v) is 10.8. The molecular weight excluding hydrogens is 446 g/mol. The van der Waals surface area contributed by atoms with Crippen molar-refractivity contribution in [3.05, 3.63) is 70.2 Å². The smallest absolute Gasteiger partial charge is 0.314 e. The molecule has 0 bridgehead atoms. The van der Waals surface area contributed by atoms with Gasteiger partial charge in [0.1, 0.15) is 5.75 Å². The van der Waals surface area contributed by atoms with Crippen molar-refractivity contribution in [3.63, 3.8) is 0 Å². The summed E-state index contributed by atoms with van der Waals surface area (Å²) in [5.41, 5.74) is 1.41. The second-order valence-electron chi connectivity index (χ2n) is 7.67. The fourth-order valence-corrected chi connectivity index (χ4v) is 4.78. The van der Waals surface area contributed by atoms with E-state index in [2.05, 4.69) is 15.9 Å². The molecule has 1 saturated carbocycles. The molecule has 0 saturated heterocycles. The second-order valence-corrected chi connectivity index (χ2v) is 8.52. The molecule has 1 aliphatic carbocycles. The summed E-state index contributed by atoms with van der Waals surface area (Å²) in [6.07, 6.45) is 3.86. The largest absolute Gasteiger partial charge is 0.426 e. The second kappa shape index (κ2) is 7.36. The summed E-state index contributed by atoms with van der Waals surface area (Å²) in [6, 6.07) is 15.5. The van der Waals surface area contributed by atoms with E-state index in [9.17, 15) is 14.4 Å². The molecule has 0 atom stereocenters. The average molecular weight is 464 g/mol. The zero-order valence-electron chi connectivity index (χ0n) is 16.1. The molecular formula is C24H18BrNO4. The minimum Gasteiger partial charge on any atom is -0.426 e. The Balaban J connectivity index is 1.46. The van der Waals surface area contributed by atoms with Gasteiger partial charge in [-0.3, -0.25) is 14.4 Å². The number of anilines is 1. The SMILES string of the molecule is O=C(Oc1ccc(N2C(=O)c3cccc4c(Br)ccc(c34)C2=O)cc1)C1CCCC1. The molecule has 1 heterocycles. The van der Waals surface area contributed by atoms with Gasteiger partial charge in [-0.05, 0) is 60.7 Å². The van der Waals surface area contributed by atoms with Crippen molar-refractivity contribution < 1.29 is 19.1 Å². The summed E-state index contributed by atoms with van der Waals surface area (Å²) in [5.74, 6) is -0.569. The van der Waals surface area contributed by atoms with Crippen LogP contribution in [-0.4, -0.2) is 17.8 Å². The third-order valence-electron chi connectivity index (χ3n) is 5.86. The number of ether oxygens (including phenoxy) is 1. The van der Waals surface area contributed by atoms with Gasteiger partial charge in [-0.1, -0.05) is 40.9 Å². The van der Waals surface area contributed by atoms with E-state index in [1.807, 2.05) is 18.2 Å². The van der Waals surface area contributed by atoms with Gasteiger partial charge in [-0.15, -0.1) is 0 Å². The van der Waals surface area contributed by atoms with Gasteiger partial charge >= 0.3 is 5.97 Å². The number of esters is 1. The lowest BCUT2D eigenvalue weighted by Crippen LogP contribution is -2.40. The van der Waals surface area contributed by atoms with Crippen LogP contribution >= 0.6 is 15.9 Å². The molecule has 0 unspecified atom stereocenters. The van der Waals surface area contributed by atoms with Crippen LogP contribution < -0.4 is 9.64 Å². The first-order chi connectivity index (χ1) is 14.5. The maximum absolute atomic E-state index is 13.2. The van der Waals surface area contributed by atoms with Crippen LogP contribution in [-0.2, 0) is 4.79 Å². The zero-order chi connectivity index (χ0) is 20.8. The van der Waals surface area contributed by atoms with Crippen LogP contribution in [0.2, 0.25) is 0 Å². The minimum atomic E-state index is -0.369. The highest BCUT2D eigenvalue weighted by Crippen LogP contribution is 2.36. The monoisotopic (exact) mass is 463 g/mol. The van der Waals surface area contributed by atoms with Crippen LogP contribution in [0.15, 0.2) is 59.1 Å². The number of carbonyl (C=O) groups is 3. The quantitative estimate of drug-likeness (QED) is 0.292. The minimum absolute atomic E-state index is 0.0359. The standard InChI is InChI=1S/C24H18BrNO4/c25-20-13-12-19-21-17(20)6-3-7-18(21)22(27)26(23(19)28)15-8-10-16(11-9-15)30-24(29)14-4-1-2-5-14/h3,6-14H,1-2,4-5H2. The normalized spacial score (nSPS) is 16.4. The first-order valence-electron chi connectivity index (χ1n) is 9.96. The maximum atomic E-state index is 13.2. The van der Waals surface area contributed by atoms with Crippen molar-refractivity contribution >= 4 is 50.2 Å². The topological polar surface area (TPSA) is 63.7 Å². The Hall–Kier alpha value is -2.99. The first kappa shape index (κ1) is 19.0. The van der Waals surface area contributed by atoms with Gasteiger partial charge in [0.25, 0.3) is 11.8 Å². The van der Waals surface area contributed by atoms with Crippen LogP contribution in [0.3, 0.4) is 0 Å². The molecule has 2 amide bonds. The van der Waals surface area contributed by atoms with Gasteiger partial charge in [0.15, 0.2) is 0 Å². The molecule has 0 aromatic heterocycles. The summed E-state index contributed by atoms with van der Waals surface area (Å²) in [4.78, 5) is 39.7. The van der Waals surface area contributed by atoms with E-state index in [0.717, 1.165) is 35.5 Å². The van der Waals surface area contributed by atoms with Crippen molar-refractivity contribution in [2.75, 3.05) is 4.90 Å². The molecule has 1 aliphatic heterocycles. The Morgan fingerprint density at radius 1 is 0.900 bits per heavy atom. The van der Waals surface area contributed by atoms with Crippen molar-refractivity contribution in [2.45, 2.75) is 25.7 Å². The Labute approximate surface area is 181 Å². The van der Waals surface area contributed by atoms with Gasteiger partial charge in [-0.25, -0.2) is 4.90 Å². The Morgan fingerprint density at radius 2 is 1.57 bits per heavy atom. The van der Waals surface area contributed by atoms with Crippen LogP contribution in [0.1, 0.15) is 46.4 Å². The molecule has 5 rings (SSSR count). The number of benzene rings is 3. The summed E-state index contributed by atoms with van der Waals surface area (Å²) < 4.78 is 6.32. The van der Waals surface area contributed by atoms with Gasteiger partial charge in [-0.2, -0.15) is 0 Å².